The topological polar surface area (TPSA) is 63.5 Å². The van der Waals surface area contributed by atoms with Gasteiger partial charge in [0.1, 0.15) is 5.60 Å². The molecule has 3 saturated carbocycles. The highest BCUT2D eigenvalue weighted by Crippen LogP contribution is 2.51. The highest BCUT2D eigenvalue weighted by molar-refractivity contribution is 9.10. The zero-order chi connectivity index (χ0) is 16.9. The minimum atomic E-state index is -0.557. The molecule has 3 aliphatic rings. The lowest BCUT2D eigenvalue weighted by molar-refractivity contribution is -0.0789. The van der Waals surface area contributed by atoms with Gasteiger partial charge in [-0.05, 0) is 74.9 Å². The van der Waals surface area contributed by atoms with E-state index in [0.29, 0.717) is 6.42 Å². The third-order valence-electron chi connectivity index (χ3n) is 5.24. The number of carbonyl (C=O) groups is 1. The number of aliphatic hydroxyl groups excluding tert-OH is 1. The first kappa shape index (κ1) is 16.8. The van der Waals surface area contributed by atoms with Crippen LogP contribution in [-0.2, 0) is 10.3 Å². The van der Waals surface area contributed by atoms with E-state index >= 15 is 0 Å². The van der Waals surface area contributed by atoms with Crippen LogP contribution in [0.25, 0.3) is 0 Å². The quantitative estimate of drug-likeness (QED) is 0.819. The average molecular weight is 385 g/mol. The van der Waals surface area contributed by atoms with Crippen LogP contribution in [0.1, 0.15) is 52.9 Å². The molecule has 6 heteroatoms. The van der Waals surface area contributed by atoms with E-state index in [0.717, 1.165) is 30.2 Å². The smallest absolute Gasteiger partial charge is 0.408 e. The van der Waals surface area contributed by atoms with E-state index in [9.17, 15) is 9.90 Å². The van der Waals surface area contributed by atoms with Crippen molar-refractivity contribution in [3.8, 4) is 0 Å². The number of alkyl carbamates (subject to hydrolysis) is 1. The van der Waals surface area contributed by atoms with Gasteiger partial charge < -0.3 is 19.7 Å². The molecule has 3 fully saturated rings. The summed E-state index contributed by atoms with van der Waals surface area (Å²) in [6.07, 6.45) is 7.23. The van der Waals surface area contributed by atoms with Crippen molar-refractivity contribution in [1.82, 2.24) is 9.88 Å². The number of rotatable bonds is 2. The van der Waals surface area contributed by atoms with Crippen molar-refractivity contribution >= 4 is 22.0 Å². The summed E-state index contributed by atoms with van der Waals surface area (Å²) in [7, 11) is 0. The first-order valence-corrected chi connectivity index (χ1v) is 8.97. The van der Waals surface area contributed by atoms with E-state index in [2.05, 4.69) is 38.2 Å². The maximum absolute atomic E-state index is 12.2. The summed E-state index contributed by atoms with van der Waals surface area (Å²) >= 11 is 3.49. The molecule has 0 aliphatic heterocycles. The predicted octanol–water partition coefficient (Wildman–Crippen LogP) is 3.55. The number of hydrogen-bond donors (Lipinski definition) is 2. The van der Waals surface area contributed by atoms with Gasteiger partial charge in [0.2, 0.25) is 0 Å². The molecular formula is C17H25BrN2O3. The Balaban J connectivity index is 1.74. The Hall–Kier alpha value is -1.01. The summed E-state index contributed by atoms with van der Waals surface area (Å²) in [5.74, 6) is 0. The van der Waals surface area contributed by atoms with Gasteiger partial charge in [0.15, 0.2) is 0 Å². The zero-order valence-corrected chi connectivity index (χ0v) is 15.5. The molecule has 0 spiro atoms. The maximum Gasteiger partial charge on any atom is 0.408 e. The molecule has 5 nitrogen and oxygen atoms in total. The monoisotopic (exact) mass is 384 g/mol. The molecule has 1 heterocycles. The van der Waals surface area contributed by atoms with Gasteiger partial charge in [0.25, 0.3) is 0 Å². The lowest BCUT2D eigenvalue weighted by Gasteiger charge is -2.56. The Morgan fingerprint density at radius 1 is 1.39 bits per heavy atom. The van der Waals surface area contributed by atoms with Crippen molar-refractivity contribution in [3.05, 3.63) is 22.9 Å². The summed E-state index contributed by atoms with van der Waals surface area (Å²) in [5.41, 5.74) is -1.12. The number of fused-ring (bicyclic) bond motifs is 3. The van der Waals surface area contributed by atoms with E-state index in [1.165, 1.54) is 0 Å². The first-order valence-electron chi connectivity index (χ1n) is 8.17. The van der Waals surface area contributed by atoms with Gasteiger partial charge in [-0.3, -0.25) is 0 Å². The molecule has 0 aromatic carbocycles. The number of aromatic nitrogens is 1. The molecule has 128 valence electrons. The lowest BCUT2D eigenvalue weighted by atomic mass is 9.60. The Kier molecular flexibility index (Phi) is 4.04. The van der Waals surface area contributed by atoms with E-state index in [1.807, 2.05) is 26.8 Å². The second kappa shape index (κ2) is 5.52. The number of hydrogen-bond acceptors (Lipinski definition) is 3. The SMILES string of the molecule is CC(C)(C)OC(=O)NC12CCC(n3ccc(Br)c3)(CC1)C[C@@H]2O. The van der Waals surface area contributed by atoms with Crippen LogP contribution in [0.4, 0.5) is 4.79 Å². The molecular weight excluding hydrogens is 360 g/mol. The number of ether oxygens (including phenoxy) is 1. The number of nitrogens with one attached hydrogen (secondary N) is 1. The van der Waals surface area contributed by atoms with Crippen LogP contribution in [0.2, 0.25) is 0 Å². The van der Waals surface area contributed by atoms with Crippen LogP contribution in [0.5, 0.6) is 0 Å². The normalized spacial score (nSPS) is 33.5. The fraction of sp³-hybridized carbons (Fsp3) is 0.706. The Labute approximate surface area is 145 Å². The van der Waals surface area contributed by atoms with Gasteiger partial charge in [-0.25, -0.2) is 4.79 Å². The predicted molar refractivity (Wildman–Crippen MR) is 91.3 cm³/mol. The fourth-order valence-electron chi connectivity index (χ4n) is 4.00. The van der Waals surface area contributed by atoms with E-state index < -0.39 is 23.3 Å². The molecule has 1 amide bonds. The highest BCUT2D eigenvalue weighted by Gasteiger charge is 2.55. The Morgan fingerprint density at radius 2 is 2.04 bits per heavy atom. The minimum absolute atomic E-state index is 0.0389. The standard InChI is InChI=1S/C17H25BrN2O3/c1-15(2,3)23-14(22)19-17-7-5-16(6-8-17,10-13(17)21)20-9-4-12(18)11-20/h4,9,11,13,21H,5-8,10H2,1-3H3,(H,19,22)/t13-,16?,17?/m0/s1. The Bertz CT molecular complexity index is 597. The van der Waals surface area contributed by atoms with E-state index in [4.69, 9.17) is 4.74 Å². The van der Waals surface area contributed by atoms with Crippen molar-refractivity contribution in [3.63, 3.8) is 0 Å². The van der Waals surface area contributed by atoms with Gasteiger partial charge in [-0.15, -0.1) is 0 Å². The van der Waals surface area contributed by atoms with Crippen LogP contribution >= 0.6 is 15.9 Å². The summed E-state index contributed by atoms with van der Waals surface area (Å²) in [6, 6.07) is 2.02. The van der Waals surface area contributed by atoms with Crippen LogP contribution in [0.15, 0.2) is 22.9 Å². The number of carbonyl (C=O) groups excluding carboxylic acids is 1. The Morgan fingerprint density at radius 3 is 2.52 bits per heavy atom. The number of aliphatic hydroxyl groups is 1. The van der Waals surface area contributed by atoms with Crippen LogP contribution in [-0.4, -0.2) is 33.0 Å². The molecule has 4 rings (SSSR count). The van der Waals surface area contributed by atoms with Gasteiger partial charge in [-0.2, -0.15) is 0 Å². The van der Waals surface area contributed by atoms with Crippen LogP contribution in [0, 0.1) is 0 Å². The highest BCUT2D eigenvalue weighted by atomic mass is 79.9. The van der Waals surface area contributed by atoms with Gasteiger partial charge in [0.05, 0.1) is 11.6 Å². The van der Waals surface area contributed by atoms with Crippen LogP contribution in [0.3, 0.4) is 0 Å². The molecule has 2 N–H and O–H groups in total. The largest absolute Gasteiger partial charge is 0.444 e. The third kappa shape index (κ3) is 3.15. The van der Waals surface area contributed by atoms with Crippen LogP contribution < -0.4 is 5.32 Å². The second-order valence-electron chi connectivity index (χ2n) is 7.96. The van der Waals surface area contributed by atoms with Crippen molar-refractivity contribution in [2.45, 2.75) is 75.7 Å². The van der Waals surface area contributed by atoms with E-state index in [-0.39, 0.29) is 5.54 Å². The fourth-order valence-corrected chi connectivity index (χ4v) is 4.34. The summed E-state index contributed by atoms with van der Waals surface area (Å²) in [4.78, 5) is 12.2. The molecule has 1 atom stereocenters. The average Bonchev–Trinajstić information content (AvgIpc) is 2.86. The minimum Gasteiger partial charge on any atom is -0.444 e. The second-order valence-corrected chi connectivity index (χ2v) is 8.88. The van der Waals surface area contributed by atoms with Gasteiger partial charge in [-0.1, -0.05) is 0 Å². The molecule has 2 bridgehead atoms. The number of amides is 1. The molecule has 23 heavy (non-hydrogen) atoms. The molecule has 0 saturated heterocycles. The zero-order valence-electron chi connectivity index (χ0n) is 13.9. The summed E-state index contributed by atoms with van der Waals surface area (Å²) in [6.45, 7) is 5.53. The van der Waals surface area contributed by atoms with E-state index in [1.54, 1.807) is 0 Å². The summed E-state index contributed by atoms with van der Waals surface area (Å²) < 4.78 is 8.64. The van der Waals surface area contributed by atoms with Crippen molar-refractivity contribution < 1.29 is 14.6 Å². The molecule has 0 radical (unpaired) electrons. The molecule has 3 aliphatic carbocycles. The number of nitrogens with zero attached hydrogens (tertiary/aromatic N) is 1. The van der Waals surface area contributed by atoms with Gasteiger partial charge >= 0.3 is 6.09 Å². The lowest BCUT2D eigenvalue weighted by Crippen LogP contribution is -2.66. The number of halogens is 1. The third-order valence-corrected chi connectivity index (χ3v) is 5.71. The summed E-state index contributed by atoms with van der Waals surface area (Å²) in [5, 5.41) is 13.7. The molecule has 1 aromatic rings. The molecule has 0 unspecified atom stereocenters. The van der Waals surface area contributed by atoms with Crippen molar-refractivity contribution in [2.75, 3.05) is 0 Å². The molecule has 1 aromatic heterocycles. The van der Waals surface area contributed by atoms with Crippen molar-refractivity contribution in [1.29, 1.82) is 0 Å². The van der Waals surface area contributed by atoms with Gasteiger partial charge in [0, 0.05) is 22.4 Å². The maximum atomic E-state index is 12.2. The van der Waals surface area contributed by atoms with Crippen molar-refractivity contribution in [2.24, 2.45) is 0 Å². The first-order chi connectivity index (χ1) is 10.6.